The lowest BCUT2D eigenvalue weighted by atomic mass is 10.0. The van der Waals surface area contributed by atoms with Crippen LogP contribution < -0.4 is 5.32 Å². The summed E-state index contributed by atoms with van der Waals surface area (Å²) in [5.41, 5.74) is -1.03. The van der Waals surface area contributed by atoms with Gasteiger partial charge in [0.2, 0.25) is 5.82 Å². The van der Waals surface area contributed by atoms with Gasteiger partial charge in [0.05, 0.1) is 4.92 Å². The Morgan fingerprint density at radius 1 is 1.45 bits per heavy atom. The van der Waals surface area contributed by atoms with Crippen LogP contribution in [0.15, 0.2) is 28.8 Å². The summed E-state index contributed by atoms with van der Waals surface area (Å²) in [5.74, 6) is 0.184. The largest absolute Gasteiger partial charge is 0.379 e. The second-order valence-corrected chi connectivity index (χ2v) is 4.66. The topological polar surface area (TPSA) is 114 Å². The molecule has 20 heavy (non-hydrogen) atoms. The highest BCUT2D eigenvalue weighted by Crippen LogP contribution is 2.31. The molecule has 0 bridgehead atoms. The molecule has 1 fully saturated rings. The second-order valence-electron chi connectivity index (χ2n) is 4.66. The average Bonchev–Trinajstić information content (AvgIpc) is 3.08. The van der Waals surface area contributed by atoms with Crippen molar-refractivity contribution in [3.63, 3.8) is 0 Å². The fourth-order valence-electron chi connectivity index (χ4n) is 2.21. The van der Waals surface area contributed by atoms with Crippen LogP contribution in [0.3, 0.4) is 0 Å². The van der Waals surface area contributed by atoms with Crippen LogP contribution in [-0.2, 0) is 5.60 Å². The van der Waals surface area contributed by atoms with Crippen molar-refractivity contribution in [3.8, 4) is 11.4 Å². The molecule has 1 aliphatic heterocycles. The summed E-state index contributed by atoms with van der Waals surface area (Å²) in [5, 5.41) is 28.0. The zero-order valence-corrected chi connectivity index (χ0v) is 10.4. The van der Waals surface area contributed by atoms with Gasteiger partial charge >= 0.3 is 0 Å². The van der Waals surface area contributed by atoms with E-state index in [0.717, 1.165) is 0 Å². The molecule has 0 aliphatic carbocycles. The fourth-order valence-corrected chi connectivity index (χ4v) is 2.21. The SMILES string of the molecule is O=[N+]([O-])c1ccccc1-c1noc(C2(O)CCNC2)n1. The van der Waals surface area contributed by atoms with Gasteiger partial charge in [-0.2, -0.15) is 4.98 Å². The predicted molar refractivity (Wildman–Crippen MR) is 67.8 cm³/mol. The summed E-state index contributed by atoms with van der Waals surface area (Å²) >= 11 is 0. The molecule has 0 radical (unpaired) electrons. The first-order chi connectivity index (χ1) is 9.60. The standard InChI is InChI=1S/C12H12N4O4/c17-12(5-6-13-7-12)11-14-10(15-20-11)8-3-1-2-4-9(8)16(18)19/h1-4,13,17H,5-7H2. The molecule has 0 saturated carbocycles. The van der Waals surface area contributed by atoms with Crippen LogP contribution in [0, 0.1) is 10.1 Å². The minimum absolute atomic E-state index is 0.0793. The fraction of sp³-hybridized carbons (Fsp3) is 0.333. The normalized spacial score (nSPS) is 22.1. The molecule has 1 unspecified atom stereocenters. The van der Waals surface area contributed by atoms with Crippen LogP contribution in [-0.4, -0.2) is 33.3 Å². The highest BCUT2D eigenvalue weighted by atomic mass is 16.6. The number of nitrogens with one attached hydrogen (secondary N) is 1. The smallest absolute Gasteiger partial charge is 0.280 e. The lowest BCUT2D eigenvalue weighted by Gasteiger charge is -2.14. The van der Waals surface area contributed by atoms with Crippen LogP contribution in [0.25, 0.3) is 11.4 Å². The Balaban J connectivity index is 2.00. The molecule has 1 saturated heterocycles. The molecule has 1 aliphatic rings. The number of benzene rings is 1. The minimum Gasteiger partial charge on any atom is -0.379 e. The third-order valence-corrected chi connectivity index (χ3v) is 3.30. The maximum Gasteiger partial charge on any atom is 0.280 e. The van der Waals surface area contributed by atoms with Crippen LogP contribution in [0.4, 0.5) is 5.69 Å². The summed E-state index contributed by atoms with van der Waals surface area (Å²) in [4.78, 5) is 14.6. The molecule has 0 spiro atoms. The first-order valence-corrected chi connectivity index (χ1v) is 6.11. The van der Waals surface area contributed by atoms with E-state index in [1.807, 2.05) is 0 Å². The second kappa shape index (κ2) is 4.66. The molecule has 104 valence electrons. The number of nitrogens with zero attached hydrogens (tertiary/aromatic N) is 3. The number of aromatic nitrogens is 2. The van der Waals surface area contributed by atoms with Crippen molar-refractivity contribution >= 4 is 5.69 Å². The molecule has 1 atom stereocenters. The zero-order valence-electron chi connectivity index (χ0n) is 10.4. The van der Waals surface area contributed by atoms with E-state index in [1.54, 1.807) is 18.2 Å². The van der Waals surface area contributed by atoms with Crippen molar-refractivity contribution < 1.29 is 14.6 Å². The van der Waals surface area contributed by atoms with E-state index < -0.39 is 10.5 Å². The summed E-state index contributed by atoms with van der Waals surface area (Å²) in [6.07, 6.45) is 0.464. The highest BCUT2D eigenvalue weighted by molar-refractivity contribution is 5.67. The number of nitro benzene ring substituents is 1. The van der Waals surface area contributed by atoms with E-state index in [4.69, 9.17) is 4.52 Å². The maximum atomic E-state index is 11.0. The molecular formula is C12H12N4O4. The molecule has 2 N–H and O–H groups in total. The Morgan fingerprint density at radius 3 is 2.95 bits per heavy atom. The number of hydrogen-bond acceptors (Lipinski definition) is 7. The van der Waals surface area contributed by atoms with Gasteiger partial charge in [-0.15, -0.1) is 0 Å². The highest BCUT2D eigenvalue weighted by Gasteiger charge is 2.39. The van der Waals surface area contributed by atoms with Gasteiger partial charge < -0.3 is 14.9 Å². The predicted octanol–water partition coefficient (Wildman–Crippen LogP) is 0.826. The number of β-amino-alcohol motifs (C(OH)–C–C–N with tert-alkyl or cyclic N) is 1. The molecule has 8 heteroatoms. The molecule has 2 aromatic rings. The molecule has 3 rings (SSSR count). The van der Waals surface area contributed by atoms with Crippen LogP contribution >= 0.6 is 0 Å². The molecule has 2 heterocycles. The van der Waals surface area contributed by atoms with Gasteiger partial charge in [-0.1, -0.05) is 17.3 Å². The van der Waals surface area contributed by atoms with Crippen molar-refractivity contribution in [1.82, 2.24) is 15.5 Å². The van der Waals surface area contributed by atoms with E-state index in [9.17, 15) is 15.2 Å². The van der Waals surface area contributed by atoms with Crippen molar-refractivity contribution in [1.29, 1.82) is 0 Å². The Bertz CT molecular complexity index is 648. The quantitative estimate of drug-likeness (QED) is 0.630. The lowest BCUT2D eigenvalue weighted by Crippen LogP contribution is -2.28. The number of rotatable bonds is 3. The Hall–Kier alpha value is -2.32. The first-order valence-electron chi connectivity index (χ1n) is 6.11. The van der Waals surface area contributed by atoms with Crippen molar-refractivity contribution in [2.75, 3.05) is 13.1 Å². The van der Waals surface area contributed by atoms with Gasteiger partial charge in [0.15, 0.2) is 5.60 Å². The minimum atomic E-state index is -1.20. The zero-order chi connectivity index (χ0) is 14.2. The number of nitro groups is 1. The number of aliphatic hydroxyl groups is 1. The molecule has 1 aromatic heterocycles. The molecule has 8 nitrogen and oxygen atoms in total. The van der Waals surface area contributed by atoms with Gasteiger partial charge in [0, 0.05) is 12.6 Å². The van der Waals surface area contributed by atoms with Crippen LogP contribution in [0.5, 0.6) is 0 Å². The molecule has 0 amide bonds. The average molecular weight is 276 g/mol. The maximum absolute atomic E-state index is 11.0. The Labute approximate surface area is 113 Å². The van der Waals surface area contributed by atoms with Gasteiger partial charge in [0.25, 0.3) is 11.6 Å². The summed E-state index contributed by atoms with van der Waals surface area (Å²) in [7, 11) is 0. The van der Waals surface area contributed by atoms with Gasteiger partial charge in [-0.05, 0) is 19.0 Å². The van der Waals surface area contributed by atoms with E-state index in [2.05, 4.69) is 15.5 Å². The van der Waals surface area contributed by atoms with Crippen LogP contribution in [0.1, 0.15) is 12.3 Å². The van der Waals surface area contributed by atoms with Crippen LogP contribution in [0.2, 0.25) is 0 Å². The van der Waals surface area contributed by atoms with Gasteiger partial charge in [-0.3, -0.25) is 10.1 Å². The van der Waals surface area contributed by atoms with E-state index in [0.29, 0.717) is 19.5 Å². The third-order valence-electron chi connectivity index (χ3n) is 3.30. The molecule has 1 aromatic carbocycles. The lowest BCUT2D eigenvalue weighted by molar-refractivity contribution is -0.384. The third kappa shape index (κ3) is 2.04. The van der Waals surface area contributed by atoms with E-state index >= 15 is 0 Å². The molecular weight excluding hydrogens is 264 g/mol. The van der Waals surface area contributed by atoms with Gasteiger partial charge in [0.1, 0.15) is 5.56 Å². The van der Waals surface area contributed by atoms with Crippen molar-refractivity contribution in [3.05, 3.63) is 40.3 Å². The Morgan fingerprint density at radius 2 is 2.25 bits per heavy atom. The van der Waals surface area contributed by atoms with Gasteiger partial charge in [-0.25, -0.2) is 0 Å². The van der Waals surface area contributed by atoms with E-state index in [1.165, 1.54) is 6.07 Å². The number of para-hydroxylation sites is 1. The Kier molecular flexibility index (Phi) is 2.96. The number of hydrogen-bond donors (Lipinski definition) is 2. The van der Waals surface area contributed by atoms with Crippen molar-refractivity contribution in [2.45, 2.75) is 12.0 Å². The van der Waals surface area contributed by atoms with Crippen molar-refractivity contribution in [2.24, 2.45) is 0 Å². The monoisotopic (exact) mass is 276 g/mol. The summed E-state index contributed by atoms with van der Waals surface area (Å²) in [6, 6.07) is 6.14. The first kappa shape index (κ1) is 12.7. The summed E-state index contributed by atoms with van der Waals surface area (Å²) < 4.78 is 5.07. The van der Waals surface area contributed by atoms with E-state index in [-0.39, 0.29) is 23.0 Å². The summed E-state index contributed by atoms with van der Waals surface area (Å²) in [6.45, 7) is 0.977.